The number of ether oxygens (including phenoxy) is 1. The summed E-state index contributed by atoms with van der Waals surface area (Å²) in [6, 6.07) is 7.20. The lowest BCUT2D eigenvalue weighted by molar-refractivity contribution is -0.385. The van der Waals surface area contributed by atoms with E-state index < -0.39 is 11.5 Å². The number of pyridine rings is 1. The Morgan fingerprint density at radius 2 is 2.00 bits per heavy atom. The second-order valence-electron chi connectivity index (χ2n) is 4.50. The van der Waals surface area contributed by atoms with E-state index in [9.17, 15) is 18.9 Å². The molecular formula is C14H13F2N3O3. The van der Waals surface area contributed by atoms with Gasteiger partial charge in [-0.15, -0.1) is 0 Å². The van der Waals surface area contributed by atoms with Crippen LogP contribution in [0.15, 0.2) is 42.7 Å². The van der Waals surface area contributed by atoms with Crippen LogP contribution in [0.4, 0.5) is 20.2 Å². The zero-order valence-corrected chi connectivity index (χ0v) is 11.6. The van der Waals surface area contributed by atoms with Gasteiger partial charge in [-0.3, -0.25) is 15.1 Å². The van der Waals surface area contributed by atoms with Crippen molar-refractivity contribution in [3.8, 4) is 5.75 Å². The highest BCUT2D eigenvalue weighted by Crippen LogP contribution is 2.33. The van der Waals surface area contributed by atoms with Crippen LogP contribution in [0.3, 0.4) is 0 Å². The summed E-state index contributed by atoms with van der Waals surface area (Å²) in [7, 11) is 1.68. The highest BCUT2D eigenvalue weighted by Gasteiger charge is 2.18. The molecule has 0 bridgehead atoms. The summed E-state index contributed by atoms with van der Waals surface area (Å²) in [6.07, 6.45) is 3.24. The van der Waals surface area contributed by atoms with Crippen molar-refractivity contribution in [2.75, 3.05) is 11.9 Å². The fourth-order valence-corrected chi connectivity index (χ4v) is 1.97. The van der Waals surface area contributed by atoms with E-state index in [1.54, 1.807) is 36.5 Å². The molecule has 0 radical (unpaired) electrons. The number of non-ortho nitro benzene ring substituents is 1. The van der Waals surface area contributed by atoms with Crippen molar-refractivity contribution in [1.29, 1.82) is 0 Å². The number of nitro groups is 1. The largest absolute Gasteiger partial charge is 0.432 e. The Hall–Kier alpha value is -2.77. The first-order valence-corrected chi connectivity index (χ1v) is 6.30. The molecule has 22 heavy (non-hydrogen) atoms. The number of hydrogen-bond donors (Lipinski definition) is 0. The Balaban J connectivity index is 2.29. The van der Waals surface area contributed by atoms with Crippen molar-refractivity contribution >= 4 is 11.4 Å². The van der Waals surface area contributed by atoms with Crippen LogP contribution in [0.25, 0.3) is 0 Å². The van der Waals surface area contributed by atoms with Crippen molar-refractivity contribution in [3.63, 3.8) is 0 Å². The number of hydrogen-bond acceptors (Lipinski definition) is 5. The Labute approximate surface area is 125 Å². The van der Waals surface area contributed by atoms with Crippen molar-refractivity contribution in [3.05, 3.63) is 58.4 Å². The zero-order chi connectivity index (χ0) is 16.1. The van der Waals surface area contributed by atoms with Crippen LogP contribution >= 0.6 is 0 Å². The minimum atomic E-state index is -3.06. The van der Waals surface area contributed by atoms with Gasteiger partial charge in [0.2, 0.25) is 0 Å². The molecule has 1 aromatic heterocycles. The molecule has 0 aliphatic rings. The highest BCUT2D eigenvalue weighted by molar-refractivity contribution is 5.62. The van der Waals surface area contributed by atoms with E-state index in [1.165, 1.54) is 12.1 Å². The van der Waals surface area contributed by atoms with Gasteiger partial charge in [0.25, 0.3) is 5.69 Å². The molecule has 0 aliphatic carbocycles. The molecule has 0 unspecified atom stereocenters. The van der Waals surface area contributed by atoms with Crippen molar-refractivity contribution in [1.82, 2.24) is 4.98 Å². The molecule has 0 saturated carbocycles. The molecule has 0 fully saturated rings. The van der Waals surface area contributed by atoms with E-state index in [0.717, 1.165) is 11.6 Å². The van der Waals surface area contributed by atoms with Gasteiger partial charge in [0.05, 0.1) is 16.7 Å². The van der Waals surface area contributed by atoms with E-state index in [1.807, 2.05) is 0 Å². The molecule has 116 valence electrons. The molecule has 6 nitrogen and oxygen atoms in total. The van der Waals surface area contributed by atoms with E-state index in [-0.39, 0.29) is 11.4 Å². The van der Waals surface area contributed by atoms with E-state index in [4.69, 9.17) is 0 Å². The smallest absolute Gasteiger partial charge is 0.387 e. The number of benzene rings is 1. The van der Waals surface area contributed by atoms with Gasteiger partial charge in [-0.25, -0.2) is 0 Å². The van der Waals surface area contributed by atoms with Gasteiger partial charge in [-0.05, 0) is 23.8 Å². The number of nitro benzene ring substituents is 1. The number of aromatic nitrogens is 1. The lowest BCUT2D eigenvalue weighted by Gasteiger charge is -2.22. The van der Waals surface area contributed by atoms with E-state index in [0.29, 0.717) is 12.2 Å². The Morgan fingerprint density at radius 3 is 2.59 bits per heavy atom. The number of rotatable bonds is 6. The maximum Gasteiger partial charge on any atom is 0.387 e. The monoisotopic (exact) mass is 309 g/mol. The van der Waals surface area contributed by atoms with E-state index in [2.05, 4.69) is 9.72 Å². The molecule has 1 aromatic carbocycles. The second-order valence-corrected chi connectivity index (χ2v) is 4.50. The van der Waals surface area contributed by atoms with Crippen molar-refractivity contribution in [2.45, 2.75) is 13.2 Å². The van der Waals surface area contributed by atoms with Gasteiger partial charge < -0.3 is 9.64 Å². The highest BCUT2D eigenvalue weighted by atomic mass is 19.3. The second kappa shape index (κ2) is 6.79. The van der Waals surface area contributed by atoms with Crippen molar-refractivity contribution in [2.24, 2.45) is 0 Å². The summed E-state index contributed by atoms with van der Waals surface area (Å²) in [5.74, 6) is -0.235. The first kappa shape index (κ1) is 15.6. The molecule has 2 rings (SSSR count). The summed E-state index contributed by atoms with van der Waals surface area (Å²) in [5, 5.41) is 10.8. The van der Waals surface area contributed by atoms with Gasteiger partial charge in [0.15, 0.2) is 5.75 Å². The number of anilines is 1. The SMILES string of the molecule is CN(Cc1ccncc1)c1ccc([N+](=O)[O-])cc1OC(F)F. The Kier molecular flexibility index (Phi) is 4.82. The summed E-state index contributed by atoms with van der Waals surface area (Å²) in [5.41, 5.74) is 0.943. The number of alkyl halides is 2. The first-order valence-electron chi connectivity index (χ1n) is 6.30. The Bertz CT molecular complexity index is 653. The fraction of sp³-hybridized carbons (Fsp3) is 0.214. The van der Waals surface area contributed by atoms with Crippen LogP contribution in [0.2, 0.25) is 0 Å². The van der Waals surface area contributed by atoms with Gasteiger partial charge in [0, 0.05) is 32.1 Å². The molecule has 1 heterocycles. The predicted octanol–water partition coefficient (Wildman–Crippen LogP) is 3.23. The predicted molar refractivity (Wildman–Crippen MR) is 76.1 cm³/mol. The van der Waals surface area contributed by atoms with Gasteiger partial charge in [-0.1, -0.05) is 0 Å². The Morgan fingerprint density at radius 1 is 1.32 bits per heavy atom. The average Bonchev–Trinajstić information content (AvgIpc) is 2.47. The maximum absolute atomic E-state index is 12.5. The normalized spacial score (nSPS) is 10.5. The molecule has 0 amide bonds. The molecular weight excluding hydrogens is 296 g/mol. The van der Waals surface area contributed by atoms with Crippen LogP contribution in [0.1, 0.15) is 5.56 Å². The number of nitrogens with zero attached hydrogens (tertiary/aromatic N) is 3. The number of halogens is 2. The third-order valence-electron chi connectivity index (χ3n) is 2.95. The van der Waals surface area contributed by atoms with Crippen LogP contribution in [0, 0.1) is 10.1 Å². The lowest BCUT2D eigenvalue weighted by atomic mass is 10.2. The molecule has 0 N–H and O–H groups in total. The van der Waals surface area contributed by atoms with Crippen LogP contribution in [-0.4, -0.2) is 23.6 Å². The standard InChI is InChI=1S/C14H13F2N3O3/c1-18(9-10-4-6-17-7-5-10)12-3-2-11(19(20)21)8-13(12)22-14(15)16/h2-8,14H,9H2,1H3. The molecule has 0 aliphatic heterocycles. The molecule has 2 aromatic rings. The summed E-state index contributed by atoms with van der Waals surface area (Å²) >= 11 is 0. The van der Waals surface area contributed by atoms with Crippen molar-refractivity contribution < 1.29 is 18.4 Å². The minimum Gasteiger partial charge on any atom is -0.432 e. The van der Waals surface area contributed by atoms with Crippen LogP contribution in [0.5, 0.6) is 5.75 Å². The van der Waals surface area contributed by atoms with Crippen LogP contribution in [-0.2, 0) is 6.54 Å². The molecule has 8 heteroatoms. The van der Waals surface area contributed by atoms with Gasteiger partial charge >= 0.3 is 6.61 Å². The lowest BCUT2D eigenvalue weighted by Crippen LogP contribution is -2.18. The van der Waals surface area contributed by atoms with Crippen LogP contribution < -0.4 is 9.64 Å². The summed E-state index contributed by atoms with van der Waals surface area (Å²) in [6.45, 7) is -2.64. The quantitative estimate of drug-likeness (QED) is 0.605. The average molecular weight is 309 g/mol. The van der Waals surface area contributed by atoms with Gasteiger partial charge in [0.1, 0.15) is 0 Å². The van der Waals surface area contributed by atoms with Gasteiger partial charge in [-0.2, -0.15) is 8.78 Å². The molecule has 0 saturated heterocycles. The summed E-state index contributed by atoms with van der Waals surface area (Å²) in [4.78, 5) is 15.7. The maximum atomic E-state index is 12.5. The summed E-state index contributed by atoms with van der Waals surface area (Å²) < 4.78 is 29.4. The van der Waals surface area contributed by atoms with E-state index >= 15 is 0 Å². The third kappa shape index (κ3) is 3.87. The topological polar surface area (TPSA) is 68.5 Å². The fourth-order valence-electron chi connectivity index (χ4n) is 1.97. The first-order chi connectivity index (χ1) is 10.5. The molecule has 0 atom stereocenters. The minimum absolute atomic E-state index is 0.235. The molecule has 0 spiro atoms. The zero-order valence-electron chi connectivity index (χ0n) is 11.6. The third-order valence-corrected chi connectivity index (χ3v) is 2.95.